The third kappa shape index (κ3) is 3.28. The van der Waals surface area contributed by atoms with Gasteiger partial charge in [-0.1, -0.05) is 11.3 Å². The first-order valence-corrected chi connectivity index (χ1v) is 7.87. The number of halogens is 1. The molecule has 24 heavy (non-hydrogen) atoms. The molecule has 1 amide bonds. The number of aromatic nitrogens is 4. The molecule has 0 saturated heterocycles. The van der Waals surface area contributed by atoms with Crippen molar-refractivity contribution in [3.8, 4) is 11.4 Å². The molecule has 0 atom stereocenters. The van der Waals surface area contributed by atoms with E-state index in [9.17, 15) is 4.79 Å². The first kappa shape index (κ1) is 16.1. The van der Waals surface area contributed by atoms with Crippen LogP contribution < -0.4 is 10.1 Å². The minimum Gasteiger partial charge on any atom is -0.497 e. The Labute approximate surface area is 146 Å². The normalized spacial score (nSPS) is 10.5. The third-order valence-corrected chi connectivity index (χ3v) is 3.85. The molecule has 0 aliphatic rings. The molecule has 8 heteroatoms. The number of nitrogens with one attached hydrogen (secondary N) is 1. The Balaban J connectivity index is 1.86. The van der Waals surface area contributed by atoms with Gasteiger partial charge in [0.1, 0.15) is 11.6 Å². The van der Waals surface area contributed by atoms with Crippen LogP contribution in [0.15, 0.2) is 47.1 Å². The Morgan fingerprint density at radius 2 is 2.12 bits per heavy atom. The Morgan fingerprint density at radius 3 is 2.83 bits per heavy atom. The number of amides is 1. The highest BCUT2D eigenvalue weighted by atomic mass is 79.9. The zero-order chi connectivity index (χ0) is 17.1. The second-order valence-electron chi connectivity index (χ2n) is 4.95. The standard InChI is InChI=1S/C16H14BrN5O2/c1-10-15(16(23)19-14-7-6-11(17)9-18-14)20-21-22(10)12-4-3-5-13(8-12)24-2/h3-9H,1-2H3,(H,18,19,23). The van der Waals surface area contributed by atoms with E-state index < -0.39 is 0 Å². The number of pyridine rings is 1. The van der Waals surface area contributed by atoms with Crippen LogP contribution in [0, 0.1) is 6.92 Å². The van der Waals surface area contributed by atoms with Crippen LogP contribution in [-0.2, 0) is 0 Å². The first-order chi connectivity index (χ1) is 11.6. The summed E-state index contributed by atoms with van der Waals surface area (Å²) in [6, 6.07) is 10.9. The Morgan fingerprint density at radius 1 is 1.29 bits per heavy atom. The Bertz CT molecular complexity index is 876. The largest absolute Gasteiger partial charge is 0.497 e. The van der Waals surface area contributed by atoms with Gasteiger partial charge in [-0.3, -0.25) is 4.79 Å². The summed E-state index contributed by atoms with van der Waals surface area (Å²) in [5.41, 5.74) is 1.63. The zero-order valence-corrected chi connectivity index (χ0v) is 14.6. The fourth-order valence-electron chi connectivity index (χ4n) is 2.15. The van der Waals surface area contributed by atoms with Crippen LogP contribution in [0.3, 0.4) is 0 Å². The van der Waals surface area contributed by atoms with Crippen molar-refractivity contribution in [2.75, 3.05) is 12.4 Å². The second kappa shape index (κ2) is 6.79. The summed E-state index contributed by atoms with van der Waals surface area (Å²) in [5.74, 6) is 0.780. The van der Waals surface area contributed by atoms with E-state index in [1.54, 1.807) is 37.0 Å². The molecule has 7 nitrogen and oxygen atoms in total. The molecule has 0 aliphatic heterocycles. The zero-order valence-electron chi connectivity index (χ0n) is 13.0. The smallest absolute Gasteiger partial charge is 0.279 e. The maximum Gasteiger partial charge on any atom is 0.279 e. The quantitative estimate of drug-likeness (QED) is 0.743. The average Bonchev–Trinajstić information content (AvgIpc) is 2.98. The van der Waals surface area contributed by atoms with Gasteiger partial charge in [-0.05, 0) is 47.1 Å². The maximum atomic E-state index is 12.4. The molecule has 122 valence electrons. The number of anilines is 1. The van der Waals surface area contributed by atoms with Crippen molar-refractivity contribution in [2.24, 2.45) is 0 Å². The first-order valence-electron chi connectivity index (χ1n) is 7.08. The SMILES string of the molecule is COc1cccc(-n2nnc(C(=O)Nc3ccc(Br)cn3)c2C)c1. The molecule has 0 unspecified atom stereocenters. The second-order valence-corrected chi connectivity index (χ2v) is 5.87. The minimum atomic E-state index is -0.364. The fraction of sp³-hybridized carbons (Fsp3) is 0.125. The van der Waals surface area contributed by atoms with E-state index in [2.05, 4.69) is 36.5 Å². The number of nitrogens with zero attached hydrogens (tertiary/aromatic N) is 4. The van der Waals surface area contributed by atoms with Gasteiger partial charge in [0.2, 0.25) is 0 Å². The summed E-state index contributed by atoms with van der Waals surface area (Å²) >= 11 is 3.30. The molecule has 2 aromatic heterocycles. The van der Waals surface area contributed by atoms with Crippen LogP contribution >= 0.6 is 15.9 Å². The summed E-state index contributed by atoms with van der Waals surface area (Å²) in [6.07, 6.45) is 1.61. The van der Waals surface area contributed by atoms with Gasteiger partial charge in [-0.2, -0.15) is 0 Å². The number of methoxy groups -OCH3 is 1. The highest BCUT2D eigenvalue weighted by molar-refractivity contribution is 9.10. The molecule has 0 fully saturated rings. The Kier molecular flexibility index (Phi) is 4.57. The average molecular weight is 388 g/mol. The lowest BCUT2D eigenvalue weighted by atomic mass is 10.2. The lowest BCUT2D eigenvalue weighted by molar-refractivity contribution is 0.102. The molecule has 2 heterocycles. The molecule has 0 bridgehead atoms. The molecule has 3 aromatic rings. The minimum absolute atomic E-state index is 0.238. The van der Waals surface area contributed by atoms with Crippen molar-refractivity contribution in [1.29, 1.82) is 0 Å². The van der Waals surface area contributed by atoms with Crippen molar-refractivity contribution in [1.82, 2.24) is 20.0 Å². The van der Waals surface area contributed by atoms with Gasteiger partial charge in [0.25, 0.3) is 5.91 Å². The van der Waals surface area contributed by atoms with Crippen LogP contribution in [-0.4, -0.2) is 33.0 Å². The van der Waals surface area contributed by atoms with Crippen molar-refractivity contribution in [2.45, 2.75) is 6.92 Å². The lowest BCUT2D eigenvalue weighted by Crippen LogP contribution is -2.15. The summed E-state index contributed by atoms with van der Waals surface area (Å²) in [6.45, 7) is 1.78. The monoisotopic (exact) mass is 387 g/mol. The van der Waals surface area contributed by atoms with E-state index >= 15 is 0 Å². The van der Waals surface area contributed by atoms with Gasteiger partial charge in [0, 0.05) is 16.7 Å². The van der Waals surface area contributed by atoms with Crippen LogP contribution in [0.2, 0.25) is 0 Å². The number of ether oxygens (including phenoxy) is 1. The lowest BCUT2D eigenvalue weighted by Gasteiger charge is -2.06. The van der Waals surface area contributed by atoms with Crippen LogP contribution in [0.25, 0.3) is 5.69 Å². The molecule has 1 N–H and O–H groups in total. The van der Waals surface area contributed by atoms with Crippen LogP contribution in [0.5, 0.6) is 5.75 Å². The van der Waals surface area contributed by atoms with Crippen molar-refractivity contribution in [3.05, 3.63) is 58.5 Å². The topological polar surface area (TPSA) is 81.9 Å². The number of benzene rings is 1. The van der Waals surface area contributed by atoms with Gasteiger partial charge in [0.15, 0.2) is 5.69 Å². The van der Waals surface area contributed by atoms with Crippen LogP contribution in [0.4, 0.5) is 5.82 Å². The van der Waals surface area contributed by atoms with E-state index in [0.29, 0.717) is 17.3 Å². The van der Waals surface area contributed by atoms with Gasteiger partial charge >= 0.3 is 0 Å². The summed E-state index contributed by atoms with van der Waals surface area (Å²) in [5, 5.41) is 10.7. The van der Waals surface area contributed by atoms with Crippen LogP contribution in [0.1, 0.15) is 16.2 Å². The molecule has 0 aliphatic carbocycles. The molecule has 0 radical (unpaired) electrons. The van der Waals surface area contributed by atoms with Crippen molar-refractivity contribution >= 4 is 27.7 Å². The third-order valence-electron chi connectivity index (χ3n) is 3.38. The predicted molar refractivity (Wildman–Crippen MR) is 92.5 cm³/mol. The number of hydrogen-bond acceptors (Lipinski definition) is 5. The van der Waals surface area contributed by atoms with Gasteiger partial charge in [-0.25, -0.2) is 9.67 Å². The number of carbonyl (C=O) groups excluding carboxylic acids is 1. The predicted octanol–water partition coefficient (Wildman–Crippen LogP) is 2.99. The summed E-state index contributed by atoms with van der Waals surface area (Å²) < 4.78 is 7.63. The molecular formula is C16H14BrN5O2. The molecule has 0 spiro atoms. The van der Waals surface area contributed by atoms with Gasteiger partial charge in [0.05, 0.1) is 18.5 Å². The van der Waals surface area contributed by atoms with Gasteiger partial charge < -0.3 is 10.1 Å². The van der Waals surface area contributed by atoms with E-state index in [1.165, 1.54) is 0 Å². The highest BCUT2D eigenvalue weighted by Gasteiger charge is 2.18. The number of carbonyl (C=O) groups is 1. The highest BCUT2D eigenvalue weighted by Crippen LogP contribution is 2.18. The number of rotatable bonds is 4. The fourth-order valence-corrected chi connectivity index (χ4v) is 2.39. The molecule has 3 rings (SSSR count). The van der Waals surface area contributed by atoms with Gasteiger partial charge in [-0.15, -0.1) is 5.10 Å². The summed E-state index contributed by atoms with van der Waals surface area (Å²) in [7, 11) is 1.59. The Hall–Kier alpha value is -2.74. The molecular weight excluding hydrogens is 374 g/mol. The van der Waals surface area contributed by atoms with E-state index in [1.807, 2.05) is 24.3 Å². The van der Waals surface area contributed by atoms with E-state index in [-0.39, 0.29) is 11.6 Å². The van der Waals surface area contributed by atoms with Crippen molar-refractivity contribution < 1.29 is 9.53 Å². The molecule has 0 saturated carbocycles. The van der Waals surface area contributed by atoms with E-state index in [0.717, 1.165) is 10.2 Å². The van der Waals surface area contributed by atoms with Crippen molar-refractivity contribution in [3.63, 3.8) is 0 Å². The summed E-state index contributed by atoms with van der Waals surface area (Å²) in [4.78, 5) is 16.5. The number of hydrogen-bond donors (Lipinski definition) is 1. The molecule has 1 aromatic carbocycles. The maximum absolute atomic E-state index is 12.4. The van der Waals surface area contributed by atoms with E-state index in [4.69, 9.17) is 4.74 Å².